The van der Waals surface area contributed by atoms with E-state index in [0.29, 0.717) is 0 Å². The van der Waals surface area contributed by atoms with Crippen molar-refractivity contribution in [3.63, 3.8) is 0 Å². The van der Waals surface area contributed by atoms with Crippen LogP contribution in [0.3, 0.4) is 0 Å². The van der Waals surface area contributed by atoms with Crippen LogP contribution < -0.4 is 0 Å². The van der Waals surface area contributed by atoms with Gasteiger partial charge in [0.1, 0.15) is 0 Å². The van der Waals surface area contributed by atoms with Gasteiger partial charge in [-0.15, -0.1) is 0 Å². The van der Waals surface area contributed by atoms with Crippen LogP contribution in [-0.4, -0.2) is 8.43 Å². The van der Waals surface area contributed by atoms with Gasteiger partial charge >= 0.3 is 0 Å². The first-order chi connectivity index (χ1) is 2.94. The summed E-state index contributed by atoms with van der Waals surface area (Å²) in [5.74, 6) is 0. The molecule has 0 fully saturated rings. The Morgan fingerprint density at radius 1 is 1.43 bits per heavy atom. The summed E-state index contributed by atoms with van der Waals surface area (Å²) >= 11 is 14.6. The topological polar surface area (TPSA) is 37.3 Å². The molecule has 1 unspecified atom stereocenters. The fourth-order valence-electron chi connectivity index (χ4n) is 0. The van der Waals surface area contributed by atoms with Crippen molar-refractivity contribution in [2.45, 2.75) is 3.53 Å². The molecule has 0 radical (unpaired) electrons. The predicted molar refractivity (Wildman–Crippen MR) is 31.5 cm³/mol. The minimum atomic E-state index is -3.00. The zero-order valence-electron chi connectivity index (χ0n) is 2.99. The summed E-state index contributed by atoms with van der Waals surface area (Å²) in [7, 11) is -3.00. The van der Waals surface area contributed by atoms with Crippen LogP contribution in [-0.2, 0) is 4.57 Å². The second-order valence-corrected chi connectivity index (χ2v) is 5.40. The lowest BCUT2D eigenvalue weighted by Crippen LogP contribution is -1.90. The van der Waals surface area contributed by atoms with Crippen molar-refractivity contribution in [2.75, 3.05) is 0 Å². The maximum atomic E-state index is 9.81. The van der Waals surface area contributed by atoms with Crippen molar-refractivity contribution in [1.29, 1.82) is 0 Å². The lowest BCUT2D eigenvalue weighted by atomic mass is 11.8. The van der Waals surface area contributed by atoms with Crippen molar-refractivity contribution in [3.05, 3.63) is 0 Å². The Bertz CT molecular complexity index is 85.4. The van der Waals surface area contributed by atoms with Crippen molar-refractivity contribution in [3.8, 4) is 0 Å². The van der Waals surface area contributed by atoms with Crippen LogP contribution >= 0.6 is 42.8 Å². The Labute approximate surface area is 56.2 Å². The highest BCUT2D eigenvalue weighted by molar-refractivity contribution is 7.49. The van der Waals surface area contributed by atoms with Crippen LogP contribution in [0.2, 0.25) is 0 Å². The first kappa shape index (κ1) is 8.06. The van der Waals surface area contributed by atoms with Gasteiger partial charge in [-0.2, -0.15) is 0 Å². The molecule has 2 nitrogen and oxygen atoms in total. The summed E-state index contributed by atoms with van der Waals surface area (Å²) in [6.07, 6.45) is 0. The highest BCUT2D eigenvalue weighted by atomic mass is 35.6. The summed E-state index contributed by atoms with van der Waals surface area (Å²) in [6.45, 7) is 0. The zero-order valence-corrected chi connectivity index (χ0v) is 6.26. The largest absolute Gasteiger partial charge is 0.343 e. The molecule has 0 aliphatic rings. The van der Waals surface area contributed by atoms with Gasteiger partial charge in [-0.05, 0) is 0 Å². The van der Waals surface area contributed by atoms with E-state index in [1.807, 2.05) is 0 Å². The van der Waals surface area contributed by atoms with Crippen molar-refractivity contribution in [2.24, 2.45) is 0 Å². The van der Waals surface area contributed by atoms with Crippen LogP contribution in [0.25, 0.3) is 0 Å². The van der Waals surface area contributed by atoms with Crippen LogP contribution in [0.5, 0.6) is 0 Å². The molecule has 44 valence electrons. The molecular weight excluding hydrogens is 181 g/mol. The van der Waals surface area contributed by atoms with Crippen LogP contribution in [0.1, 0.15) is 0 Å². The van der Waals surface area contributed by atoms with E-state index in [-0.39, 0.29) is 0 Å². The standard InChI is InChI=1S/CH2Cl3O2P/c2-1(3,4)7(5)6/h7H,(H,5,6). The second kappa shape index (κ2) is 2.56. The van der Waals surface area contributed by atoms with Crippen molar-refractivity contribution < 1.29 is 9.46 Å². The normalized spacial score (nSPS) is 16.6. The molecule has 1 N–H and O–H groups in total. The molecular formula is CH2Cl3O2P. The average Bonchev–Trinajstić information content (AvgIpc) is 1.31. The molecule has 0 aliphatic carbocycles. The molecule has 1 atom stereocenters. The molecule has 0 amide bonds. The molecule has 0 saturated carbocycles. The Morgan fingerprint density at radius 3 is 1.57 bits per heavy atom. The van der Waals surface area contributed by atoms with Gasteiger partial charge in [0.15, 0.2) is 0 Å². The lowest BCUT2D eigenvalue weighted by molar-refractivity contribution is 0.503. The second-order valence-electron chi connectivity index (χ2n) is 0.803. The third kappa shape index (κ3) is 3.63. The van der Waals surface area contributed by atoms with Gasteiger partial charge in [-0.1, -0.05) is 34.8 Å². The van der Waals surface area contributed by atoms with Gasteiger partial charge in [0.25, 0.3) is 3.53 Å². The zero-order chi connectivity index (χ0) is 6.08. The molecule has 0 aromatic carbocycles. The number of hydrogen-bond donors (Lipinski definition) is 1. The van der Waals surface area contributed by atoms with E-state index in [1.165, 1.54) is 0 Å². The minimum Gasteiger partial charge on any atom is -0.343 e. The monoisotopic (exact) mass is 182 g/mol. The van der Waals surface area contributed by atoms with Gasteiger partial charge in [0, 0.05) is 0 Å². The highest BCUT2D eigenvalue weighted by Crippen LogP contribution is 2.46. The Kier molecular flexibility index (Phi) is 2.95. The molecule has 0 bridgehead atoms. The summed E-state index contributed by atoms with van der Waals surface area (Å²) in [5, 5.41) is 0. The summed E-state index contributed by atoms with van der Waals surface area (Å²) in [4.78, 5) is 8.04. The smallest absolute Gasteiger partial charge is 0.263 e. The Balaban J connectivity index is 3.79. The predicted octanol–water partition coefficient (Wildman–Crippen LogP) is 1.78. The van der Waals surface area contributed by atoms with E-state index in [4.69, 9.17) is 39.7 Å². The molecule has 0 rings (SSSR count). The number of rotatable bonds is 0. The van der Waals surface area contributed by atoms with Crippen molar-refractivity contribution >= 4 is 42.8 Å². The molecule has 0 spiro atoms. The maximum absolute atomic E-state index is 9.81. The fourth-order valence-corrected chi connectivity index (χ4v) is 0. The maximum Gasteiger partial charge on any atom is 0.263 e. The third-order valence-electron chi connectivity index (χ3n) is 0.243. The van der Waals surface area contributed by atoms with Gasteiger partial charge in [0.05, 0.1) is 0 Å². The van der Waals surface area contributed by atoms with Gasteiger partial charge in [-0.25, -0.2) is 0 Å². The quantitative estimate of drug-likeness (QED) is 0.459. The Hall–Kier alpha value is 1.06. The first-order valence-electron chi connectivity index (χ1n) is 1.24. The van der Waals surface area contributed by atoms with E-state index in [1.54, 1.807) is 0 Å². The van der Waals surface area contributed by atoms with E-state index in [2.05, 4.69) is 0 Å². The van der Waals surface area contributed by atoms with Crippen molar-refractivity contribution in [1.82, 2.24) is 0 Å². The van der Waals surface area contributed by atoms with Crippen LogP contribution in [0.15, 0.2) is 0 Å². The molecule has 0 aliphatic heterocycles. The first-order valence-corrected chi connectivity index (χ1v) is 3.73. The minimum absolute atomic E-state index is 1.98. The number of halogens is 3. The summed E-state index contributed by atoms with van der Waals surface area (Å²) in [5.41, 5.74) is 0. The lowest BCUT2D eigenvalue weighted by Gasteiger charge is -2.01. The van der Waals surface area contributed by atoms with E-state index >= 15 is 0 Å². The average molecular weight is 183 g/mol. The SMILES string of the molecule is O=[PH](O)C(Cl)(Cl)Cl. The Morgan fingerprint density at radius 2 is 1.57 bits per heavy atom. The molecule has 0 heterocycles. The molecule has 0 saturated heterocycles. The summed E-state index contributed by atoms with van der Waals surface area (Å²) in [6, 6.07) is 0. The number of alkyl halides is 3. The van der Waals surface area contributed by atoms with E-state index in [0.717, 1.165) is 0 Å². The highest BCUT2D eigenvalue weighted by Gasteiger charge is 2.25. The van der Waals surface area contributed by atoms with E-state index < -0.39 is 11.6 Å². The molecule has 7 heavy (non-hydrogen) atoms. The van der Waals surface area contributed by atoms with Gasteiger partial charge < -0.3 is 4.89 Å². The van der Waals surface area contributed by atoms with Crippen LogP contribution in [0, 0.1) is 0 Å². The molecule has 0 aromatic heterocycles. The fraction of sp³-hybridized carbons (Fsp3) is 1.00. The van der Waals surface area contributed by atoms with E-state index in [9.17, 15) is 4.57 Å². The van der Waals surface area contributed by atoms with Gasteiger partial charge in [-0.3, -0.25) is 4.57 Å². The number of hydrogen-bond acceptors (Lipinski definition) is 1. The third-order valence-corrected chi connectivity index (χ3v) is 2.18. The molecule has 0 aromatic rings. The molecule has 6 heteroatoms. The van der Waals surface area contributed by atoms with Gasteiger partial charge in [0.2, 0.25) is 8.03 Å². The summed E-state index contributed by atoms with van der Waals surface area (Å²) < 4.78 is 7.83. The van der Waals surface area contributed by atoms with Crippen LogP contribution in [0.4, 0.5) is 0 Å².